The van der Waals surface area contributed by atoms with Crippen LogP contribution in [0.1, 0.15) is 27.6 Å². The molecule has 0 radical (unpaired) electrons. The molecule has 0 bridgehead atoms. The molecule has 0 saturated carbocycles. The molecular weight excluding hydrogens is 540 g/mol. The van der Waals surface area contributed by atoms with E-state index in [9.17, 15) is 36.2 Å². The second-order valence-electron chi connectivity index (χ2n) is 8.55. The average molecular weight is 557 g/mol. The number of anilines is 1. The van der Waals surface area contributed by atoms with Crippen LogP contribution < -0.4 is 5.32 Å². The van der Waals surface area contributed by atoms with Crippen molar-refractivity contribution in [2.75, 3.05) is 5.32 Å². The normalized spacial score (nSPS) is 12.6. The highest BCUT2D eigenvalue weighted by Crippen LogP contribution is 2.38. The van der Waals surface area contributed by atoms with E-state index in [1.807, 2.05) is 0 Å². The summed E-state index contributed by atoms with van der Waals surface area (Å²) in [6.07, 6.45) is -7.69. The molecule has 204 valence electrons. The van der Waals surface area contributed by atoms with E-state index >= 15 is 0 Å². The van der Waals surface area contributed by atoms with Crippen molar-refractivity contribution in [3.8, 4) is 17.1 Å². The number of carbonyl (C=O) groups is 1. The van der Waals surface area contributed by atoms with Gasteiger partial charge in [-0.1, -0.05) is 24.3 Å². The molecule has 13 heteroatoms. The number of carbonyl (C=O) groups excluding carboxylic acids is 1. The number of aliphatic hydroxyl groups excluding tert-OH is 1. The maximum Gasteiger partial charge on any atom is 0.417 e. The van der Waals surface area contributed by atoms with E-state index in [4.69, 9.17) is 0 Å². The van der Waals surface area contributed by atoms with E-state index in [0.717, 1.165) is 0 Å². The number of fused-ring (bicyclic) bond motifs is 1. The number of alkyl halides is 5. The summed E-state index contributed by atoms with van der Waals surface area (Å²) in [5.74, 6) is -2.93. The minimum absolute atomic E-state index is 0.0129. The minimum Gasteiger partial charge on any atom is -0.382 e. The highest BCUT2D eigenvalue weighted by molar-refractivity contribution is 6.09. The number of amides is 1. The third-order valence-electron chi connectivity index (χ3n) is 5.97. The Bertz CT molecular complexity index is 1690. The molecule has 0 unspecified atom stereocenters. The SMILES string of the molecule is O=C(Nc1c2ccc([C@H](O)C(F)F)cc2nn1-c1ccccc1)c1cc(-c2ncccn2)c(C(F)(F)F)cc1F. The predicted molar refractivity (Wildman–Crippen MR) is 132 cm³/mol. The maximum absolute atomic E-state index is 15.0. The van der Waals surface area contributed by atoms with Crippen molar-refractivity contribution in [3.05, 3.63) is 102 Å². The third kappa shape index (κ3) is 5.10. The molecule has 40 heavy (non-hydrogen) atoms. The molecule has 2 heterocycles. The molecule has 0 aliphatic carbocycles. The number of para-hydroxylation sites is 1. The largest absolute Gasteiger partial charge is 0.417 e. The summed E-state index contributed by atoms with van der Waals surface area (Å²) in [7, 11) is 0. The van der Waals surface area contributed by atoms with Gasteiger partial charge in [0.05, 0.1) is 22.3 Å². The van der Waals surface area contributed by atoms with Gasteiger partial charge in [-0.2, -0.15) is 18.3 Å². The lowest BCUT2D eigenvalue weighted by molar-refractivity contribution is -0.137. The number of nitrogens with one attached hydrogen (secondary N) is 1. The quantitative estimate of drug-likeness (QED) is 0.243. The lowest BCUT2D eigenvalue weighted by atomic mass is 10.0. The zero-order chi connectivity index (χ0) is 28.6. The van der Waals surface area contributed by atoms with Crippen molar-refractivity contribution >= 4 is 22.6 Å². The lowest BCUT2D eigenvalue weighted by Gasteiger charge is -2.15. The van der Waals surface area contributed by atoms with Crippen LogP contribution in [-0.2, 0) is 6.18 Å². The van der Waals surface area contributed by atoms with Gasteiger partial charge in [0.15, 0.2) is 5.82 Å². The molecule has 0 aliphatic heterocycles. The molecule has 5 rings (SSSR count). The van der Waals surface area contributed by atoms with E-state index in [2.05, 4.69) is 20.4 Å². The van der Waals surface area contributed by atoms with Crippen LogP contribution in [-0.4, -0.2) is 37.2 Å². The van der Waals surface area contributed by atoms with Gasteiger partial charge >= 0.3 is 6.18 Å². The number of hydrogen-bond donors (Lipinski definition) is 2. The van der Waals surface area contributed by atoms with Crippen molar-refractivity contribution < 1.29 is 36.2 Å². The van der Waals surface area contributed by atoms with Crippen LogP contribution in [0.25, 0.3) is 28.0 Å². The molecule has 2 N–H and O–H groups in total. The van der Waals surface area contributed by atoms with Gasteiger partial charge in [0.2, 0.25) is 0 Å². The smallest absolute Gasteiger partial charge is 0.382 e. The molecule has 0 saturated heterocycles. The number of benzene rings is 3. The van der Waals surface area contributed by atoms with E-state index < -0.39 is 47.1 Å². The summed E-state index contributed by atoms with van der Waals surface area (Å²) in [5.41, 5.74) is -2.28. The van der Waals surface area contributed by atoms with Gasteiger partial charge in [0.25, 0.3) is 12.3 Å². The fourth-order valence-corrected chi connectivity index (χ4v) is 4.09. The zero-order valence-corrected chi connectivity index (χ0v) is 20.1. The second-order valence-corrected chi connectivity index (χ2v) is 8.55. The highest BCUT2D eigenvalue weighted by atomic mass is 19.4. The van der Waals surface area contributed by atoms with Gasteiger partial charge in [0, 0.05) is 23.3 Å². The summed E-state index contributed by atoms with van der Waals surface area (Å²) >= 11 is 0. The van der Waals surface area contributed by atoms with E-state index in [-0.39, 0.29) is 34.2 Å². The third-order valence-corrected chi connectivity index (χ3v) is 5.97. The van der Waals surface area contributed by atoms with E-state index in [1.165, 1.54) is 41.3 Å². The fraction of sp³-hybridized carbons (Fsp3) is 0.111. The van der Waals surface area contributed by atoms with E-state index in [0.29, 0.717) is 11.8 Å². The first-order valence-corrected chi connectivity index (χ1v) is 11.6. The van der Waals surface area contributed by atoms with Gasteiger partial charge in [-0.3, -0.25) is 4.79 Å². The lowest BCUT2D eigenvalue weighted by Crippen LogP contribution is -2.18. The number of rotatable bonds is 6. The summed E-state index contributed by atoms with van der Waals surface area (Å²) in [5, 5.41) is 16.9. The van der Waals surface area contributed by atoms with Crippen molar-refractivity contribution in [1.29, 1.82) is 0 Å². The monoisotopic (exact) mass is 557 g/mol. The molecule has 1 amide bonds. The summed E-state index contributed by atoms with van der Waals surface area (Å²) < 4.78 is 83.5. The van der Waals surface area contributed by atoms with E-state index in [1.54, 1.807) is 30.3 Å². The van der Waals surface area contributed by atoms with Crippen LogP contribution in [0, 0.1) is 5.82 Å². The maximum atomic E-state index is 15.0. The molecule has 2 aromatic heterocycles. The minimum atomic E-state index is -4.97. The first-order valence-electron chi connectivity index (χ1n) is 11.6. The molecule has 1 atom stereocenters. The van der Waals surface area contributed by atoms with Crippen LogP contribution in [0.15, 0.2) is 79.1 Å². The number of nitrogens with zero attached hydrogens (tertiary/aromatic N) is 4. The molecule has 3 aromatic carbocycles. The first kappa shape index (κ1) is 26.8. The van der Waals surface area contributed by atoms with Gasteiger partial charge in [-0.15, -0.1) is 0 Å². The van der Waals surface area contributed by atoms with Crippen molar-refractivity contribution in [3.63, 3.8) is 0 Å². The summed E-state index contributed by atoms with van der Waals surface area (Å²) in [4.78, 5) is 20.9. The molecule has 0 fully saturated rings. The Labute approximate surface area is 221 Å². The van der Waals surface area contributed by atoms with Gasteiger partial charge < -0.3 is 10.4 Å². The Balaban J connectivity index is 1.63. The summed E-state index contributed by atoms with van der Waals surface area (Å²) in [6, 6.07) is 14.4. The Morgan fingerprint density at radius 3 is 2.30 bits per heavy atom. The molecule has 7 nitrogen and oxygen atoms in total. The molecule has 0 aliphatic rings. The number of aromatic nitrogens is 4. The highest BCUT2D eigenvalue weighted by Gasteiger charge is 2.36. The van der Waals surface area contributed by atoms with Crippen LogP contribution >= 0.6 is 0 Å². The van der Waals surface area contributed by atoms with Crippen LogP contribution in [0.4, 0.5) is 32.2 Å². The van der Waals surface area contributed by atoms with Crippen LogP contribution in [0.3, 0.4) is 0 Å². The standard InChI is InChI=1S/C27H17F6N5O2/c28-20-13-19(27(31,32)33)17(24-34-9-4-10-35-24)12-18(20)26(40)36-25-16-8-7-14(22(39)23(29)30)11-21(16)37-38(25)15-5-2-1-3-6-15/h1-13,22-23,39H,(H,36,40)/t22-/m0/s1. The van der Waals surface area contributed by atoms with Crippen molar-refractivity contribution in [1.82, 2.24) is 19.7 Å². The molecular formula is C27H17F6N5O2. The average Bonchev–Trinajstić information content (AvgIpc) is 3.30. The number of hydrogen-bond acceptors (Lipinski definition) is 5. The zero-order valence-electron chi connectivity index (χ0n) is 20.1. The Hall–Kier alpha value is -4.78. The summed E-state index contributed by atoms with van der Waals surface area (Å²) in [6.45, 7) is 0. The topological polar surface area (TPSA) is 92.9 Å². The predicted octanol–water partition coefficient (Wildman–Crippen LogP) is 6.19. The number of aliphatic hydroxyl groups is 1. The van der Waals surface area contributed by atoms with Crippen molar-refractivity contribution in [2.24, 2.45) is 0 Å². The van der Waals surface area contributed by atoms with Gasteiger partial charge in [0.1, 0.15) is 17.7 Å². The van der Waals surface area contributed by atoms with Crippen LogP contribution in [0.2, 0.25) is 0 Å². The first-order chi connectivity index (χ1) is 19.0. The Morgan fingerprint density at radius 2 is 1.65 bits per heavy atom. The molecule has 0 spiro atoms. The molecule has 5 aromatic rings. The van der Waals surface area contributed by atoms with Gasteiger partial charge in [-0.05, 0) is 48.0 Å². The Morgan fingerprint density at radius 1 is 0.950 bits per heavy atom. The van der Waals surface area contributed by atoms with Crippen LogP contribution in [0.5, 0.6) is 0 Å². The fourth-order valence-electron chi connectivity index (χ4n) is 4.09. The van der Waals surface area contributed by atoms with Gasteiger partial charge in [-0.25, -0.2) is 27.8 Å². The Kier molecular flexibility index (Phi) is 6.98. The second kappa shape index (κ2) is 10.4. The number of halogens is 6. The van der Waals surface area contributed by atoms with Crippen molar-refractivity contribution in [2.45, 2.75) is 18.7 Å².